The van der Waals surface area contributed by atoms with E-state index in [2.05, 4.69) is 4.98 Å². The van der Waals surface area contributed by atoms with Crippen molar-refractivity contribution in [2.24, 2.45) is 0 Å². The lowest BCUT2D eigenvalue weighted by Gasteiger charge is -2.04. The average molecular weight is 241 g/mol. The van der Waals surface area contributed by atoms with Crippen LogP contribution in [0.5, 0.6) is 0 Å². The van der Waals surface area contributed by atoms with Crippen molar-refractivity contribution in [1.29, 1.82) is 0 Å². The number of hydrogen-bond donors (Lipinski definition) is 1. The molecular formula is C15H15NO2. The number of rotatable bonds is 4. The molecule has 0 atom stereocenters. The zero-order valence-corrected chi connectivity index (χ0v) is 10.3. The highest BCUT2D eigenvalue weighted by Crippen LogP contribution is 2.10. The van der Waals surface area contributed by atoms with Gasteiger partial charge in [0.2, 0.25) is 0 Å². The number of aryl methyl sites for hydroxylation is 2. The second-order valence-electron chi connectivity index (χ2n) is 4.26. The Hall–Kier alpha value is -2.16. The van der Waals surface area contributed by atoms with Gasteiger partial charge in [-0.05, 0) is 36.6 Å². The fourth-order valence-corrected chi connectivity index (χ4v) is 1.91. The summed E-state index contributed by atoms with van der Waals surface area (Å²) < 4.78 is 0. The van der Waals surface area contributed by atoms with Crippen molar-refractivity contribution >= 4 is 5.78 Å². The van der Waals surface area contributed by atoms with E-state index in [9.17, 15) is 9.59 Å². The Morgan fingerprint density at radius 2 is 1.94 bits per heavy atom. The second kappa shape index (κ2) is 5.45. The molecule has 1 aromatic heterocycles. The molecule has 1 N–H and O–H groups in total. The predicted molar refractivity (Wildman–Crippen MR) is 70.9 cm³/mol. The number of carbonyl (C=O) groups excluding carboxylic acids is 1. The molecule has 0 fully saturated rings. The first-order valence-corrected chi connectivity index (χ1v) is 5.94. The number of aromatic nitrogens is 1. The smallest absolute Gasteiger partial charge is 0.258 e. The van der Waals surface area contributed by atoms with Crippen LogP contribution in [0.15, 0.2) is 47.4 Å². The first kappa shape index (κ1) is 12.3. The van der Waals surface area contributed by atoms with Gasteiger partial charge in [-0.3, -0.25) is 9.59 Å². The van der Waals surface area contributed by atoms with E-state index in [0.29, 0.717) is 12.8 Å². The van der Waals surface area contributed by atoms with E-state index in [0.717, 1.165) is 5.56 Å². The Balaban J connectivity index is 2.08. The number of pyridine rings is 1. The van der Waals surface area contributed by atoms with Gasteiger partial charge in [-0.2, -0.15) is 0 Å². The van der Waals surface area contributed by atoms with Crippen LogP contribution in [-0.4, -0.2) is 10.8 Å². The monoisotopic (exact) mass is 241 g/mol. The molecule has 2 rings (SSSR count). The molecule has 92 valence electrons. The minimum Gasteiger partial charge on any atom is -0.328 e. The Labute approximate surface area is 105 Å². The second-order valence-corrected chi connectivity index (χ2v) is 4.26. The zero-order chi connectivity index (χ0) is 13.0. The topological polar surface area (TPSA) is 49.9 Å². The Morgan fingerprint density at radius 1 is 1.17 bits per heavy atom. The van der Waals surface area contributed by atoms with Gasteiger partial charge in [-0.1, -0.05) is 24.3 Å². The van der Waals surface area contributed by atoms with E-state index < -0.39 is 0 Å². The van der Waals surface area contributed by atoms with Crippen LogP contribution in [0.3, 0.4) is 0 Å². The number of aromatic amines is 1. The third-order valence-corrected chi connectivity index (χ3v) is 3.00. The van der Waals surface area contributed by atoms with Gasteiger partial charge >= 0.3 is 0 Å². The number of nitrogens with one attached hydrogen (secondary N) is 1. The largest absolute Gasteiger partial charge is 0.328 e. The normalized spacial score (nSPS) is 10.3. The van der Waals surface area contributed by atoms with Crippen molar-refractivity contribution < 1.29 is 4.79 Å². The quantitative estimate of drug-likeness (QED) is 0.836. The van der Waals surface area contributed by atoms with E-state index >= 15 is 0 Å². The van der Waals surface area contributed by atoms with Crippen LogP contribution in [0.4, 0.5) is 0 Å². The van der Waals surface area contributed by atoms with Crippen LogP contribution < -0.4 is 5.56 Å². The number of Topliss-reactive ketones (excluding diaryl/α,β-unsaturated/α-hetero) is 1. The molecule has 0 saturated heterocycles. The lowest BCUT2D eigenvalue weighted by molar-refractivity contribution is 0.0981. The van der Waals surface area contributed by atoms with Gasteiger partial charge in [0.15, 0.2) is 5.78 Å². The standard InChI is InChI=1S/C15H15NO2/c1-11-5-2-3-6-12(11)8-9-14(17)13-7-4-10-16-15(13)18/h2-7,10H,8-9H2,1H3,(H,16,18). The lowest BCUT2D eigenvalue weighted by Crippen LogP contribution is -2.17. The van der Waals surface area contributed by atoms with Crippen LogP contribution in [0.2, 0.25) is 0 Å². The summed E-state index contributed by atoms with van der Waals surface area (Å²) in [6, 6.07) is 11.2. The molecule has 0 unspecified atom stereocenters. The van der Waals surface area contributed by atoms with Gasteiger partial charge < -0.3 is 4.98 Å². The highest BCUT2D eigenvalue weighted by molar-refractivity contribution is 5.95. The SMILES string of the molecule is Cc1ccccc1CCC(=O)c1ccc[nH]c1=O. The number of benzene rings is 1. The summed E-state index contributed by atoms with van der Waals surface area (Å²) in [7, 11) is 0. The molecule has 0 aliphatic heterocycles. The molecule has 0 bridgehead atoms. The Morgan fingerprint density at radius 3 is 2.67 bits per heavy atom. The maximum absolute atomic E-state index is 11.9. The summed E-state index contributed by atoms with van der Waals surface area (Å²) in [5.41, 5.74) is 2.25. The molecular weight excluding hydrogens is 226 g/mol. The van der Waals surface area contributed by atoms with Gasteiger partial charge in [0.25, 0.3) is 5.56 Å². The lowest BCUT2D eigenvalue weighted by atomic mass is 10.0. The van der Waals surface area contributed by atoms with Gasteiger partial charge in [0.1, 0.15) is 0 Å². The first-order chi connectivity index (χ1) is 8.68. The fraction of sp³-hybridized carbons (Fsp3) is 0.200. The maximum Gasteiger partial charge on any atom is 0.258 e. The molecule has 0 aliphatic rings. The van der Waals surface area contributed by atoms with Crippen LogP contribution in [0.1, 0.15) is 27.9 Å². The molecule has 1 aromatic carbocycles. The number of carbonyl (C=O) groups is 1. The fourth-order valence-electron chi connectivity index (χ4n) is 1.91. The van der Waals surface area contributed by atoms with Crippen LogP contribution in [0, 0.1) is 6.92 Å². The van der Waals surface area contributed by atoms with E-state index in [1.165, 1.54) is 11.8 Å². The molecule has 18 heavy (non-hydrogen) atoms. The van der Waals surface area contributed by atoms with Gasteiger partial charge in [0.05, 0.1) is 5.56 Å². The zero-order valence-electron chi connectivity index (χ0n) is 10.3. The van der Waals surface area contributed by atoms with Crippen molar-refractivity contribution in [3.05, 3.63) is 69.6 Å². The minimum absolute atomic E-state index is 0.111. The minimum atomic E-state index is -0.313. The average Bonchev–Trinajstić information content (AvgIpc) is 2.38. The molecule has 0 saturated carbocycles. The van der Waals surface area contributed by atoms with Gasteiger partial charge in [-0.15, -0.1) is 0 Å². The van der Waals surface area contributed by atoms with Gasteiger partial charge in [0, 0.05) is 12.6 Å². The Kier molecular flexibility index (Phi) is 3.72. The van der Waals surface area contributed by atoms with E-state index in [1.807, 2.05) is 31.2 Å². The van der Waals surface area contributed by atoms with Crippen LogP contribution >= 0.6 is 0 Å². The molecule has 0 amide bonds. The highest BCUT2D eigenvalue weighted by Gasteiger charge is 2.10. The third kappa shape index (κ3) is 2.74. The molecule has 3 heteroatoms. The van der Waals surface area contributed by atoms with Crippen molar-refractivity contribution in [2.75, 3.05) is 0 Å². The number of ketones is 1. The summed E-state index contributed by atoms with van der Waals surface area (Å²) in [6.07, 6.45) is 2.55. The van der Waals surface area contributed by atoms with Crippen molar-refractivity contribution in [1.82, 2.24) is 4.98 Å². The van der Waals surface area contributed by atoms with E-state index in [4.69, 9.17) is 0 Å². The Bertz CT molecular complexity index is 614. The summed E-state index contributed by atoms with van der Waals surface area (Å²) >= 11 is 0. The van der Waals surface area contributed by atoms with E-state index in [1.54, 1.807) is 12.1 Å². The molecule has 3 nitrogen and oxygen atoms in total. The third-order valence-electron chi connectivity index (χ3n) is 3.00. The predicted octanol–water partition coefficient (Wildman–Crippen LogP) is 2.50. The van der Waals surface area contributed by atoms with Crippen molar-refractivity contribution in [3.63, 3.8) is 0 Å². The summed E-state index contributed by atoms with van der Waals surface area (Å²) in [5, 5.41) is 0. The van der Waals surface area contributed by atoms with Crippen LogP contribution in [0.25, 0.3) is 0 Å². The van der Waals surface area contributed by atoms with Crippen LogP contribution in [-0.2, 0) is 6.42 Å². The molecule has 0 radical (unpaired) electrons. The number of hydrogen-bond acceptors (Lipinski definition) is 2. The van der Waals surface area contributed by atoms with Crippen molar-refractivity contribution in [3.8, 4) is 0 Å². The first-order valence-electron chi connectivity index (χ1n) is 5.94. The van der Waals surface area contributed by atoms with E-state index in [-0.39, 0.29) is 16.9 Å². The number of H-pyrrole nitrogens is 1. The van der Waals surface area contributed by atoms with Crippen molar-refractivity contribution in [2.45, 2.75) is 19.8 Å². The molecule has 1 heterocycles. The molecule has 0 aliphatic carbocycles. The van der Waals surface area contributed by atoms with Gasteiger partial charge in [-0.25, -0.2) is 0 Å². The molecule has 2 aromatic rings. The summed E-state index contributed by atoms with van der Waals surface area (Å²) in [6.45, 7) is 2.02. The summed E-state index contributed by atoms with van der Waals surface area (Å²) in [4.78, 5) is 25.9. The molecule has 0 spiro atoms. The highest BCUT2D eigenvalue weighted by atomic mass is 16.1. The summed E-state index contributed by atoms with van der Waals surface area (Å²) in [5.74, 6) is -0.111. The maximum atomic E-state index is 11.9.